The van der Waals surface area contributed by atoms with E-state index in [1.807, 2.05) is 4.52 Å². The van der Waals surface area contributed by atoms with Crippen LogP contribution in [-0.4, -0.2) is 52.8 Å². The van der Waals surface area contributed by atoms with Gasteiger partial charge in [0.15, 0.2) is 5.82 Å². The summed E-state index contributed by atoms with van der Waals surface area (Å²) in [7, 11) is 3.91. The fourth-order valence-corrected chi connectivity index (χ4v) is 5.61. The number of hydrogen-bond acceptors (Lipinski definition) is 7. The molecule has 1 fully saturated rings. The maximum absolute atomic E-state index is 6.32. The molecule has 3 aromatic heterocycles. The van der Waals surface area contributed by atoms with Crippen LogP contribution in [0.3, 0.4) is 0 Å². The second-order valence-corrected chi connectivity index (χ2v) is 9.46. The Morgan fingerprint density at radius 3 is 2.81 bits per heavy atom. The summed E-state index contributed by atoms with van der Waals surface area (Å²) in [6.07, 6.45) is 3.86. The van der Waals surface area contributed by atoms with Crippen LogP contribution in [-0.2, 0) is 6.54 Å². The maximum atomic E-state index is 6.32. The molecule has 7 nitrogen and oxygen atoms in total. The number of fused-ring (bicyclic) bond motifs is 2. The van der Waals surface area contributed by atoms with Gasteiger partial charge in [-0.05, 0) is 69.1 Å². The van der Waals surface area contributed by atoms with Crippen molar-refractivity contribution in [1.29, 1.82) is 0 Å². The standard InChI is InChI=1S/C23H28N6OS/c1-14-8-15-10-20(31-22(15)19(9-14)30-3)18-11-17(29-21(18)23(24)26-13-27-29)12-25-16-4-6-28(2)7-5-16/h8-11,13,16,25H,4-7,12H2,1-3H3,(H2,24,26,27). The van der Waals surface area contributed by atoms with E-state index in [0.29, 0.717) is 11.9 Å². The first-order chi connectivity index (χ1) is 15.0. The molecule has 1 saturated heterocycles. The van der Waals surface area contributed by atoms with Gasteiger partial charge in [-0.15, -0.1) is 11.3 Å². The number of likely N-dealkylation sites (tertiary alicyclic amines) is 1. The van der Waals surface area contributed by atoms with E-state index >= 15 is 0 Å². The monoisotopic (exact) mass is 436 g/mol. The van der Waals surface area contributed by atoms with E-state index in [-0.39, 0.29) is 0 Å². The number of rotatable bonds is 5. The lowest BCUT2D eigenvalue weighted by Crippen LogP contribution is -2.40. The molecule has 0 bridgehead atoms. The van der Waals surface area contributed by atoms with Crippen molar-refractivity contribution in [1.82, 2.24) is 24.8 Å². The Labute approximate surface area is 185 Å². The third kappa shape index (κ3) is 3.75. The molecule has 5 rings (SSSR count). The zero-order valence-corrected chi connectivity index (χ0v) is 19.0. The van der Waals surface area contributed by atoms with Gasteiger partial charge in [0.25, 0.3) is 0 Å². The number of nitrogen functional groups attached to an aromatic ring is 1. The summed E-state index contributed by atoms with van der Waals surface area (Å²) in [5.41, 5.74) is 10.5. The van der Waals surface area contributed by atoms with Crippen molar-refractivity contribution in [3.63, 3.8) is 0 Å². The summed E-state index contributed by atoms with van der Waals surface area (Å²) < 4.78 is 8.71. The van der Waals surface area contributed by atoms with E-state index in [9.17, 15) is 0 Å². The Hall–Kier alpha value is -2.68. The van der Waals surface area contributed by atoms with E-state index in [0.717, 1.165) is 51.7 Å². The van der Waals surface area contributed by atoms with Gasteiger partial charge in [0, 0.05) is 23.0 Å². The fourth-order valence-electron chi connectivity index (χ4n) is 4.46. The van der Waals surface area contributed by atoms with Gasteiger partial charge in [0.1, 0.15) is 17.6 Å². The first kappa shape index (κ1) is 20.2. The largest absolute Gasteiger partial charge is 0.495 e. The third-order valence-electron chi connectivity index (χ3n) is 6.16. The molecule has 3 N–H and O–H groups in total. The molecule has 0 atom stereocenters. The number of nitrogens with two attached hydrogens (primary N) is 1. The van der Waals surface area contributed by atoms with Crippen molar-refractivity contribution in [3.05, 3.63) is 41.9 Å². The van der Waals surface area contributed by atoms with Crippen LogP contribution >= 0.6 is 11.3 Å². The zero-order chi connectivity index (χ0) is 21.5. The van der Waals surface area contributed by atoms with Crippen LogP contribution in [0, 0.1) is 6.92 Å². The Kier molecular flexibility index (Phi) is 5.29. The van der Waals surface area contributed by atoms with Crippen LogP contribution in [0.15, 0.2) is 30.6 Å². The highest BCUT2D eigenvalue weighted by Gasteiger charge is 2.20. The van der Waals surface area contributed by atoms with Crippen LogP contribution in [0.1, 0.15) is 24.1 Å². The van der Waals surface area contributed by atoms with Crippen molar-refractivity contribution in [3.8, 4) is 16.2 Å². The number of hydrogen-bond donors (Lipinski definition) is 2. The molecule has 8 heteroatoms. The van der Waals surface area contributed by atoms with Crippen molar-refractivity contribution in [2.24, 2.45) is 0 Å². The smallest absolute Gasteiger partial charge is 0.152 e. The number of nitrogens with zero attached hydrogens (tertiary/aromatic N) is 4. The van der Waals surface area contributed by atoms with Crippen LogP contribution in [0.4, 0.5) is 5.82 Å². The van der Waals surface area contributed by atoms with Crippen LogP contribution in [0.5, 0.6) is 5.75 Å². The number of aryl methyl sites for hydroxylation is 1. The van der Waals surface area contributed by atoms with Crippen molar-refractivity contribution in [2.75, 3.05) is 33.0 Å². The van der Waals surface area contributed by atoms with E-state index in [1.54, 1.807) is 18.4 Å². The number of anilines is 1. The minimum absolute atomic E-state index is 0.496. The molecule has 4 aromatic rings. The minimum atomic E-state index is 0.496. The maximum Gasteiger partial charge on any atom is 0.152 e. The number of ether oxygens (including phenoxy) is 1. The molecule has 0 saturated carbocycles. The molecule has 1 aromatic carbocycles. The lowest BCUT2D eigenvalue weighted by Gasteiger charge is -2.29. The van der Waals surface area contributed by atoms with E-state index in [1.165, 1.54) is 30.1 Å². The predicted molar refractivity (Wildman–Crippen MR) is 127 cm³/mol. The zero-order valence-electron chi connectivity index (χ0n) is 18.2. The number of aromatic nitrogens is 3. The SMILES string of the molecule is COc1cc(C)cc2cc(-c3cc(CNC4CCN(C)CC4)n4ncnc(N)c34)sc12. The molecule has 0 amide bonds. The molecule has 4 heterocycles. The first-order valence-electron chi connectivity index (χ1n) is 10.6. The van der Waals surface area contributed by atoms with Gasteiger partial charge >= 0.3 is 0 Å². The molecule has 0 spiro atoms. The molecule has 162 valence electrons. The highest BCUT2D eigenvalue weighted by molar-refractivity contribution is 7.22. The summed E-state index contributed by atoms with van der Waals surface area (Å²) in [6.45, 7) is 5.11. The fraction of sp³-hybridized carbons (Fsp3) is 0.391. The van der Waals surface area contributed by atoms with Gasteiger partial charge in [-0.25, -0.2) is 9.50 Å². The van der Waals surface area contributed by atoms with Gasteiger partial charge in [-0.2, -0.15) is 5.10 Å². The summed E-state index contributed by atoms with van der Waals surface area (Å²) in [5.74, 6) is 1.40. The molecule has 1 aliphatic heterocycles. The van der Waals surface area contributed by atoms with Crippen molar-refractivity contribution < 1.29 is 4.74 Å². The second kappa shape index (κ2) is 8.11. The number of nitrogens with one attached hydrogen (secondary N) is 1. The number of methoxy groups -OCH3 is 1. The van der Waals surface area contributed by atoms with E-state index < -0.39 is 0 Å². The second-order valence-electron chi connectivity index (χ2n) is 8.41. The average molecular weight is 437 g/mol. The van der Waals surface area contributed by atoms with Crippen molar-refractivity contribution in [2.45, 2.75) is 32.4 Å². The predicted octanol–water partition coefficient (Wildman–Crippen LogP) is 3.69. The Balaban J connectivity index is 1.54. The summed E-state index contributed by atoms with van der Waals surface area (Å²) in [4.78, 5) is 7.79. The van der Waals surface area contributed by atoms with Gasteiger partial charge in [-0.1, -0.05) is 6.07 Å². The molecule has 31 heavy (non-hydrogen) atoms. The van der Waals surface area contributed by atoms with Crippen LogP contribution in [0.2, 0.25) is 0 Å². The summed E-state index contributed by atoms with van der Waals surface area (Å²) in [6, 6.07) is 9.21. The van der Waals surface area contributed by atoms with Gasteiger partial charge in [0.05, 0.1) is 17.5 Å². The summed E-state index contributed by atoms with van der Waals surface area (Å²) >= 11 is 1.72. The highest BCUT2D eigenvalue weighted by atomic mass is 32.1. The average Bonchev–Trinajstić information content (AvgIpc) is 3.35. The molecule has 0 aliphatic carbocycles. The number of benzene rings is 1. The Bertz CT molecular complexity index is 1240. The molecular formula is C23H28N6OS. The highest BCUT2D eigenvalue weighted by Crippen LogP contribution is 2.42. The normalized spacial score (nSPS) is 15.8. The molecule has 0 unspecified atom stereocenters. The quantitative estimate of drug-likeness (QED) is 0.497. The van der Waals surface area contributed by atoms with Crippen LogP contribution < -0.4 is 15.8 Å². The van der Waals surface area contributed by atoms with E-state index in [4.69, 9.17) is 10.5 Å². The lowest BCUT2D eigenvalue weighted by molar-refractivity contribution is 0.233. The summed E-state index contributed by atoms with van der Waals surface area (Å²) in [5, 5.41) is 9.42. The van der Waals surface area contributed by atoms with Gasteiger partial charge in [0.2, 0.25) is 0 Å². The van der Waals surface area contributed by atoms with Gasteiger partial charge in [-0.3, -0.25) is 0 Å². The van der Waals surface area contributed by atoms with Gasteiger partial charge < -0.3 is 20.7 Å². The molecule has 1 aliphatic rings. The molecular weight excluding hydrogens is 408 g/mol. The topological polar surface area (TPSA) is 80.7 Å². The third-order valence-corrected chi connectivity index (χ3v) is 7.36. The number of thiophene rings is 1. The molecule has 0 radical (unpaired) electrons. The first-order valence-corrected chi connectivity index (χ1v) is 11.5. The lowest BCUT2D eigenvalue weighted by atomic mass is 10.1. The Morgan fingerprint density at radius 2 is 2.03 bits per heavy atom. The van der Waals surface area contributed by atoms with Crippen molar-refractivity contribution >= 4 is 32.8 Å². The van der Waals surface area contributed by atoms with E-state index in [2.05, 4.69) is 58.5 Å². The number of piperidine rings is 1. The minimum Gasteiger partial charge on any atom is -0.495 e. The van der Waals surface area contributed by atoms with Crippen LogP contribution in [0.25, 0.3) is 26.0 Å². The Morgan fingerprint density at radius 1 is 1.23 bits per heavy atom.